The molecule has 0 saturated carbocycles. The maximum absolute atomic E-state index is 5.96. The second-order valence-corrected chi connectivity index (χ2v) is 5.95. The van der Waals surface area contributed by atoms with Crippen molar-refractivity contribution in [2.75, 3.05) is 13.7 Å². The first-order valence-corrected chi connectivity index (χ1v) is 7.03. The summed E-state index contributed by atoms with van der Waals surface area (Å²) in [4.78, 5) is 1.31. The molecular weight excluding hydrogens is 242 g/mol. The van der Waals surface area contributed by atoms with E-state index >= 15 is 0 Å². The van der Waals surface area contributed by atoms with E-state index in [2.05, 4.69) is 11.4 Å². The summed E-state index contributed by atoms with van der Waals surface area (Å²) in [6.07, 6.45) is 5.16. The molecule has 1 N–H and O–H groups in total. The van der Waals surface area contributed by atoms with Crippen LogP contribution < -0.4 is 5.32 Å². The average molecular weight is 260 g/mol. The summed E-state index contributed by atoms with van der Waals surface area (Å²) >= 11 is 7.62. The molecule has 2 heterocycles. The standard InChI is InChI=1S/C12H18ClNOS/c1-14-10(11-5-6-12(13)16-11)8-9-4-2-3-7-15-9/h5-6,9-10,14H,2-4,7-8H2,1H3. The van der Waals surface area contributed by atoms with Crippen LogP contribution in [0.3, 0.4) is 0 Å². The molecule has 1 aromatic rings. The van der Waals surface area contributed by atoms with Crippen LogP contribution in [0.5, 0.6) is 0 Å². The van der Waals surface area contributed by atoms with Gasteiger partial charge in [-0.25, -0.2) is 0 Å². The molecule has 1 aromatic heterocycles. The smallest absolute Gasteiger partial charge is 0.0931 e. The van der Waals surface area contributed by atoms with Gasteiger partial charge in [0.1, 0.15) is 0 Å². The molecule has 0 aliphatic carbocycles. The first kappa shape index (κ1) is 12.4. The fraction of sp³-hybridized carbons (Fsp3) is 0.667. The summed E-state index contributed by atoms with van der Waals surface area (Å²) in [6, 6.07) is 4.45. The highest BCUT2D eigenvalue weighted by Crippen LogP contribution is 2.31. The molecule has 0 radical (unpaired) electrons. The molecule has 0 aromatic carbocycles. The molecule has 2 rings (SSSR count). The Balaban J connectivity index is 1.94. The molecule has 1 aliphatic heterocycles. The van der Waals surface area contributed by atoms with Gasteiger partial charge in [-0.15, -0.1) is 11.3 Å². The Morgan fingerprint density at radius 2 is 2.44 bits per heavy atom. The summed E-state index contributed by atoms with van der Waals surface area (Å²) in [7, 11) is 2.00. The Labute approximate surface area is 106 Å². The molecule has 2 atom stereocenters. The minimum Gasteiger partial charge on any atom is -0.378 e. The summed E-state index contributed by atoms with van der Waals surface area (Å²) in [5.41, 5.74) is 0. The van der Waals surface area contributed by atoms with Gasteiger partial charge in [-0.05, 0) is 44.9 Å². The van der Waals surface area contributed by atoms with Crippen molar-refractivity contribution in [1.82, 2.24) is 5.32 Å². The zero-order valence-corrected chi connectivity index (χ0v) is 11.1. The fourth-order valence-electron chi connectivity index (χ4n) is 2.15. The Morgan fingerprint density at radius 3 is 3.00 bits per heavy atom. The molecule has 16 heavy (non-hydrogen) atoms. The van der Waals surface area contributed by atoms with E-state index in [0.29, 0.717) is 12.1 Å². The van der Waals surface area contributed by atoms with Crippen LogP contribution in [0, 0.1) is 0 Å². The third kappa shape index (κ3) is 3.20. The van der Waals surface area contributed by atoms with E-state index in [0.717, 1.165) is 17.4 Å². The Hall–Kier alpha value is -0.0900. The van der Waals surface area contributed by atoms with E-state index in [1.165, 1.54) is 24.1 Å². The molecule has 2 nitrogen and oxygen atoms in total. The van der Waals surface area contributed by atoms with Crippen molar-refractivity contribution in [3.8, 4) is 0 Å². The predicted molar refractivity (Wildman–Crippen MR) is 69.3 cm³/mol. The van der Waals surface area contributed by atoms with E-state index in [1.807, 2.05) is 13.1 Å². The van der Waals surface area contributed by atoms with Crippen LogP contribution in [-0.2, 0) is 4.74 Å². The van der Waals surface area contributed by atoms with Crippen molar-refractivity contribution in [2.24, 2.45) is 0 Å². The number of hydrogen-bond acceptors (Lipinski definition) is 3. The summed E-state index contributed by atoms with van der Waals surface area (Å²) < 4.78 is 6.63. The number of nitrogens with one attached hydrogen (secondary N) is 1. The van der Waals surface area contributed by atoms with Crippen molar-refractivity contribution in [2.45, 2.75) is 37.8 Å². The second kappa shape index (κ2) is 6.01. The maximum atomic E-state index is 5.96. The predicted octanol–water partition coefficient (Wildman–Crippen LogP) is 3.62. The van der Waals surface area contributed by atoms with Crippen LogP contribution >= 0.6 is 22.9 Å². The van der Waals surface area contributed by atoms with Crippen LogP contribution in [0.25, 0.3) is 0 Å². The molecule has 2 unspecified atom stereocenters. The Morgan fingerprint density at radius 1 is 1.56 bits per heavy atom. The van der Waals surface area contributed by atoms with E-state index in [-0.39, 0.29) is 0 Å². The van der Waals surface area contributed by atoms with Gasteiger partial charge in [0.15, 0.2) is 0 Å². The molecule has 90 valence electrons. The van der Waals surface area contributed by atoms with Gasteiger partial charge < -0.3 is 10.1 Å². The monoisotopic (exact) mass is 259 g/mol. The normalized spacial score (nSPS) is 23.2. The molecule has 4 heteroatoms. The SMILES string of the molecule is CNC(CC1CCCCO1)c1ccc(Cl)s1. The van der Waals surface area contributed by atoms with Gasteiger partial charge >= 0.3 is 0 Å². The number of rotatable bonds is 4. The summed E-state index contributed by atoms with van der Waals surface area (Å²) in [5.74, 6) is 0. The van der Waals surface area contributed by atoms with Gasteiger partial charge in [0, 0.05) is 17.5 Å². The zero-order chi connectivity index (χ0) is 11.4. The third-order valence-corrected chi connectivity index (χ3v) is 4.40. The average Bonchev–Trinajstić information content (AvgIpc) is 2.74. The summed E-state index contributed by atoms with van der Waals surface area (Å²) in [6.45, 7) is 0.923. The first-order valence-electron chi connectivity index (χ1n) is 5.83. The van der Waals surface area contributed by atoms with Crippen LogP contribution in [0.4, 0.5) is 0 Å². The van der Waals surface area contributed by atoms with Gasteiger partial charge in [-0.3, -0.25) is 0 Å². The molecule has 1 aliphatic rings. The highest BCUT2D eigenvalue weighted by atomic mass is 35.5. The highest BCUT2D eigenvalue weighted by molar-refractivity contribution is 7.16. The molecule has 0 spiro atoms. The number of hydrogen-bond donors (Lipinski definition) is 1. The van der Waals surface area contributed by atoms with Crippen molar-refractivity contribution < 1.29 is 4.74 Å². The second-order valence-electron chi connectivity index (χ2n) is 4.21. The van der Waals surface area contributed by atoms with E-state index in [1.54, 1.807) is 11.3 Å². The van der Waals surface area contributed by atoms with E-state index in [4.69, 9.17) is 16.3 Å². The quantitative estimate of drug-likeness (QED) is 0.892. The van der Waals surface area contributed by atoms with Crippen molar-refractivity contribution in [1.29, 1.82) is 0 Å². The molecule has 0 amide bonds. The fourth-order valence-corrected chi connectivity index (χ4v) is 3.33. The van der Waals surface area contributed by atoms with Crippen LogP contribution in [-0.4, -0.2) is 19.8 Å². The van der Waals surface area contributed by atoms with Gasteiger partial charge in [-0.1, -0.05) is 11.6 Å². The van der Waals surface area contributed by atoms with Crippen LogP contribution in [0.2, 0.25) is 4.34 Å². The molecular formula is C12H18ClNOS. The zero-order valence-electron chi connectivity index (χ0n) is 9.54. The summed E-state index contributed by atoms with van der Waals surface area (Å²) in [5, 5.41) is 3.35. The van der Waals surface area contributed by atoms with Crippen LogP contribution in [0.15, 0.2) is 12.1 Å². The first-order chi connectivity index (χ1) is 7.79. The lowest BCUT2D eigenvalue weighted by molar-refractivity contribution is 0.00569. The van der Waals surface area contributed by atoms with Crippen molar-refractivity contribution >= 4 is 22.9 Å². The highest BCUT2D eigenvalue weighted by Gasteiger charge is 2.20. The molecule has 1 saturated heterocycles. The van der Waals surface area contributed by atoms with E-state index in [9.17, 15) is 0 Å². The minimum absolute atomic E-state index is 0.376. The topological polar surface area (TPSA) is 21.3 Å². The van der Waals surface area contributed by atoms with E-state index < -0.39 is 0 Å². The van der Waals surface area contributed by atoms with Crippen molar-refractivity contribution in [3.05, 3.63) is 21.3 Å². The van der Waals surface area contributed by atoms with Gasteiger partial charge in [-0.2, -0.15) is 0 Å². The van der Waals surface area contributed by atoms with Crippen LogP contribution in [0.1, 0.15) is 36.6 Å². The largest absolute Gasteiger partial charge is 0.378 e. The Kier molecular flexibility index (Phi) is 4.65. The number of ether oxygens (including phenoxy) is 1. The molecule has 1 fully saturated rings. The lowest BCUT2D eigenvalue weighted by Gasteiger charge is -2.26. The maximum Gasteiger partial charge on any atom is 0.0931 e. The van der Waals surface area contributed by atoms with Gasteiger partial charge in [0.2, 0.25) is 0 Å². The third-order valence-electron chi connectivity index (χ3n) is 3.06. The Bertz CT molecular complexity index is 323. The minimum atomic E-state index is 0.376. The van der Waals surface area contributed by atoms with Gasteiger partial charge in [0.05, 0.1) is 10.4 Å². The molecule has 0 bridgehead atoms. The van der Waals surface area contributed by atoms with Crippen molar-refractivity contribution in [3.63, 3.8) is 0 Å². The number of thiophene rings is 1. The lowest BCUT2D eigenvalue weighted by Crippen LogP contribution is -2.26. The van der Waals surface area contributed by atoms with Gasteiger partial charge in [0.25, 0.3) is 0 Å². The lowest BCUT2D eigenvalue weighted by atomic mass is 10.0. The number of halogens is 1.